The lowest BCUT2D eigenvalue weighted by molar-refractivity contribution is 0.0240. The number of anilines is 1. The first-order valence-electron chi connectivity index (χ1n) is 9.01. The molecule has 0 aliphatic carbocycles. The second kappa shape index (κ2) is 6.98. The second-order valence-electron chi connectivity index (χ2n) is 7.72. The predicted octanol–water partition coefficient (Wildman–Crippen LogP) is 4.10. The summed E-state index contributed by atoms with van der Waals surface area (Å²) in [6.45, 7) is 9.95. The maximum Gasteiger partial charge on any atom is 0.410 e. The monoisotopic (exact) mass is 354 g/mol. The molecule has 1 fully saturated rings. The molecule has 0 bridgehead atoms. The number of carbonyl (C=O) groups is 2. The van der Waals surface area contributed by atoms with Crippen LogP contribution in [0, 0.1) is 0 Å². The molecule has 0 saturated carbocycles. The average Bonchev–Trinajstić information content (AvgIpc) is 2.59. The summed E-state index contributed by atoms with van der Waals surface area (Å²) in [5, 5.41) is 2.19. The van der Waals surface area contributed by atoms with E-state index in [1.54, 1.807) is 11.8 Å². The second-order valence-corrected chi connectivity index (χ2v) is 7.72. The van der Waals surface area contributed by atoms with Gasteiger partial charge >= 0.3 is 6.09 Å². The number of benzene rings is 2. The summed E-state index contributed by atoms with van der Waals surface area (Å²) in [6.07, 6.45) is -0.256. The smallest absolute Gasteiger partial charge is 0.410 e. The van der Waals surface area contributed by atoms with Gasteiger partial charge in [0.25, 0.3) is 0 Å². The highest BCUT2D eigenvalue weighted by Gasteiger charge is 2.26. The lowest BCUT2D eigenvalue weighted by Crippen LogP contribution is -2.50. The minimum atomic E-state index is -0.479. The maximum absolute atomic E-state index is 12.2. The molecule has 1 amide bonds. The number of ether oxygens (including phenoxy) is 1. The number of hydrogen-bond donors (Lipinski definition) is 0. The molecule has 0 N–H and O–H groups in total. The molecule has 5 heteroatoms. The molecule has 1 aliphatic rings. The van der Waals surface area contributed by atoms with E-state index in [2.05, 4.69) is 17.0 Å². The minimum Gasteiger partial charge on any atom is -0.444 e. The topological polar surface area (TPSA) is 49.9 Å². The van der Waals surface area contributed by atoms with E-state index in [0.29, 0.717) is 13.1 Å². The van der Waals surface area contributed by atoms with Gasteiger partial charge in [0.05, 0.1) is 0 Å². The van der Waals surface area contributed by atoms with Crippen LogP contribution in [0.25, 0.3) is 10.8 Å². The summed E-state index contributed by atoms with van der Waals surface area (Å²) < 4.78 is 5.46. The van der Waals surface area contributed by atoms with Crippen LogP contribution in [0.4, 0.5) is 10.5 Å². The zero-order valence-electron chi connectivity index (χ0n) is 15.9. The molecule has 138 valence electrons. The quantitative estimate of drug-likeness (QED) is 0.762. The van der Waals surface area contributed by atoms with Gasteiger partial charge in [0.2, 0.25) is 0 Å². The van der Waals surface area contributed by atoms with Crippen molar-refractivity contribution < 1.29 is 14.3 Å². The number of piperazine rings is 1. The highest BCUT2D eigenvalue weighted by molar-refractivity contribution is 6.02. The van der Waals surface area contributed by atoms with Gasteiger partial charge in [-0.2, -0.15) is 0 Å². The van der Waals surface area contributed by atoms with Crippen LogP contribution in [0.1, 0.15) is 38.1 Å². The van der Waals surface area contributed by atoms with E-state index in [0.717, 1.165) is 35.1 Å². The molecular weight excluding hydrogens is 328 g/mol. The number of ketones is 1. The Morgan fingerprint density at radius 3 is 2.31 bits per heavy atom. The van der Waals surface area contributed by atoms with Gasteiger partial charge in [-0.05, 0) is 45.2 Å². The van der Waals surface area contributed by atoms with Crippen molar-refractivity contribution in [2.45, 2.75) is 33.3 Å². The summed E-state index contributed by atoms with van der Waals surface area (Å²) in [4.78, 5) is 28.0. The van der Waals surface area contributed by atoms with Crippen molar-refractivity contribution in [1.82, 2.24) is 4.90 Å². The summed E-state index contributed by atoms with van der Waals surface area (Å²) in [7, 11) is 0. The zero-order chi connectivity index (χ0) is 18.9. The molecule has 1 saturated heterocycles. The zero-order valence-corrected chi connectivity index (χ0v) is 15.9. The van der Waals surface area contributed by atoms with Gasteiger partial charge in [0.1, 0.15) is 5.60 Å². The lowest BCUT2D eigenvalue weighted by Gasteiger charge is -2.37. The molecule has 0 spiro atoms. The summed E-state index contributed by atoms with van der Waals surface area (Å²) in [5.41, 5.74) is 1.35. The Morgan fingerprint density at radius 2 is 1.69 bits per heavy atom. The predicted molar refractivity (Wildman–Crippen MR) is 104 cm³/mol. The van der Waals surface area contributed by atoms with Crippen molar-refractivity contribution in [2.24, 2.45) is 0 Å². The third kappa shape index (κ3) is 3.98. The molecule has 3 rings (SSSR count). The number of Topliss-reactive ketones (excluding diaryl/α,β-unsaturated/α-hetero) is 1. The van der Waals surface area contributed by atoms with Crippen molar-refractivity contribution in [1.29, 1.82) is 0 Å². The van der Waals surface area contributed by atoms with Crippen molar-refractivity contribution >= 4 is 28.3 Å². The highest BCUT2D eigenvalue weighted by Crippen LogP contribution is 2.29. The molecule has 0 unspecified atom stereocenters. The minimum absolute atomic E-state index is 0.0662. The molecule has 0 radical (unpaired) electrons. The van der Waals surface area contributed by atoms with Gasteiger partial charge < -0.3 is 14.5 Å². The molecule has 26 heavy (non-hydrogen) atoms. The SMILES string of the molecule is CC(=O)c1ccc2cccc(N3CCN(C(=O)OC(C)(C)C)CC3)c2c1. The average molecular weight is 354 g/mol. The molecule has 1 aliphatic heterocycles. The van der Waals surface area contributed by atoms with Gasteiger partial charge in [-0.25, -0.2) is 4.79 Å². The Morgan fingerprint density at radius 1 is 1.00 bits per heavy atom. The van der Waals surface area contributed by atoms with E-state index in [4.69, 9.17) is 4.74 Å². The van der Waals surface area contributed by atoms with Crippen molar-refractivity contribution in [3.8, 4) is 0 Å². The molecule has 5 nitrogen and oxygen atoms in total. The molecule has 0 atom stereocenters. The van der Waals surface area contributed by atoms with E-state index >= 15 is 0 Å². The first-order valence-corrected chi connectivity index (χ1v) is 9.01. The summed E-state index contributed by atoms with van der Waals surface area (Å²) >= 11 is 0. The molecule has 1 heterocycles. The van der Waals surface area contributed by atoms with E-state index in [1.165, 1.54) is 0 Å². The number of rotatable bonds is 2. The summed E-state index contributed by atoms with van der Waals surface area (Å²) in [6, 6.07) is 12.0. The van der Waals surface area contributed by atoms with Gasteiger partial charge in [-0.3, -0.25) is 4.79 Å². The normalized spacial score (nSPS) is 15.2. The number of carbonyl (C=O) groups excluding carboxylic acids is 2. The number of fused-ring (bicyclic) bond motifs is 1. The lowest BCUT2D eigenvalue weighted by atomic mass is 10.0. The van der Waals surface area contributed by atoms with Crippen LogP contribution in [0.5, 0.6) is 0 Å². The molecule has 2 aromatic carbocycles. The van der Waals surface area contributed by atoms with Crippen LogP contribution in [0.3, 0.4) is 0 Å². The maximum atomic E-state index is 12.2. The number of hydrogen-bond acceptors (Lipinski definition) is 4. The van der Waals surface area contributed by atoms with Crippen LogP contribution in [-0.2, 0) is 4.74 Å². The fourth-order valence-electron chi connectivity index (χ4n) is 3.21. The summed E-state index contributed by atoms with van der Waals surface area (Å²) in [5.74, 6) is 0.0662. The van der Waals surface area contributed by atoms with E-state index < -0.39 is 5.60 Å². The van der Waals surface area contributed by atoms with Crippen LogP contribution < -0.4 is 4.90 Å². The highest BCUT2D eigenvalue weighted by atomic mass is 16.6. The fraction of sp³-hybridized carbons (Fsp3) is 0.429. The van der Waals surface area contributed by atoms with Crippen molar-refractivity contribution in [3.05, 3.63) is 42.0 Å². The van der Waals surface area contributed by atoms with Crippen molar-refractivity contribution in [2.75, 3.05) is 31.1 Å². The number of amides is 1. The van der Waals surface area contributed by atoms with Gasteiger partial charge in [-0.1, -0.05) is 24.3 Å². The Labute approximate surface area is 154 Å². The van der Waals surface area contributed by atoms with Gasteiger partial charge in [0.15, 0.2) is 5.78 Å². The first-order chi connectivity index (χ1) is 12.2. The largest absolute Gasteiger partial charge is 0.444 e. The third-order valence-electron chi connectivity index (χ3n) is 4.54. The van der Waals surface area contributed by atoms with Gasteiger partial charge in [0, 0.05) is 42.8 Å². The number of nitrogens with zero attached hydrogens (tertiary/aromatic N) is 2. The fourth-order valence-corrected chi connectivity index (χ4v) is 3.21. The molecule has 2 aromatic rings. The van der Waals surface area contributed by atoms with E-state index in [9.17, 15) is 9.59 Å². The Hall–Kier alpha value is -2.56. The Bertz CT molecular complexity index is 831. The Kier molecular flexibility index (Phi) is 4.90. The van der Waals surface area contributed by atoms with E-state index in [-0.39, 0.29) is 11.9 Å². The van der Waals surface area contributed by atoms with Crippen LogP contribution >= 0.6 is 0 Å². The standard InChI is InChI=1S/C21H26N2O3/c1-15(24)17-9-8-16-6-5-7-19(18(16)14-17)22-10-12-23(13-11-22)20(25)26-21(2,3)4/h5-9,14H,10-13H2,1-4H3. The molecule has 0 aromatic heterocycles. The van der Waals surface area contributed by atoms with E-state index in [1.807, 2.05) is 45.0 Å². The first kappa shape index (κ1) is 18.2. The van der Waals surface area contributed by atoms with Crippen LogP contribution in [0.15, 0.2) is 36.4 Å². The van der Waals surface area contributed by atoms with Crippen LogP contribution in [-0.4, -0.2) is 48.6 Å². The molecular formula is C21H26N2O3. The third-order valence-corrected chi connectivity index (χ3v) is 4.54. The van der Waals surface area contributed by atoms with Gasteiger partial charge in [-0.15, -0.1) is 0 Å². The van der Waals surface area contributed by atoms with Crippen molar-refractivity contribution in [3.63, 3.8) is 0 Å². The van der Waals surface area contributed by atoms with Crippen LogP contribution in [0.2, 0.25) is 0 Å². The Balaban J connectivity index is 1.78.